The smallest absolute Gasteiger partial charge is 0.146 e. The summed E-state index contributed by atoms with van der Waals surface area (Å²) in [5.74, 6) is 2.73. The molecule has 0 unspecified atom stereocenters. The van der Waals surface area contributed by atoms with Crippen LogP contribution in [0, 0.1) is 6.92 Å². The number of aliphatic hydroxyl groups is 1. The predicted molar refractivity (Wildman–Crippen MR) is 49.1 cm³/mol. The van der Waals surface area contributed by atoms with Crippen LogP contribution in [0.25, 0.3) is 0 Å². The van der Waals surface area contributed by atoms with Crippen molar-refractivity contribution in [3.05, 3.63) is 17.5 Å². The first kappa shape index (κ1) is 9.61. The first-order chi connectivity index (χ1) is 5.83. The molecule has 0 aliphatic carbocycles. The number of aryl methyl sites for hydroxylation is 1. The molecule has 0 radical (unpaired) electrons. The Balaban J connectivity index is 2.15. The van der Waals surface area contributed by atoms with Crippen molar-refractivity contribution in [2.75, 3.05) is 12.4 Å². The van der Waals surface area contributed by atoms with E-state index in [1.54, 1.807) is 11.8 Å². The Morgan fingerprint density at radius 3 is 3.08 bits per heavy atom. The minimum atomic E-state index is 0.266. The number of rotatable bonds is 5. The maximum Gasteiger partial charge on any atom is 0.146 e. The summed E-state index contributed by atoms with van der Waals surface area (Å²) in [6, 6.07) is 1.94. The molecule has 12 heavy (non-hydrogen) atoms. The van der Waals surface area contributed by atoms with E-state index in [1.165, 1.54) is 0 Å². The molecule has 0 amide bonds. The summed E-state index contributed by atoms with van der Waals surface area (Å²) < 4.78 is 5.01. The van der Waals surface area contributed by atoms with Crippen molar-refractivity contribution >= 4 is 11.8 Å². The van der Waals surface area contributed by atoms with Gasteiger partial charge in [-0.3, -0.25) is 0 Å². The Kier molecular flexibility index (Phi) is 4.18. The molecular formula is C8H13NO2S. The van der Waals surface area contributed by atoms with Gasteiger partial charge in [0, 0.05) is 12.7 Å². The molecule has 0 saturated carbocycles. The highest BCUT2D eigenvalue weighted by molar-refractivity contribution is 7.98. The third-order valence-corrected chi connectivity index (χ3v) is 2.43. The van der Waals surface area contributed by atoms with Crippen molar-refractivity contribution in [3.8, 4) is 0 Å². The molecule has 0 aliphatic heterocycles. The van der Waals surface area contributed by atoms with Crippen LogP contribution in [0.1, 0.15) is 17.9 Å². The summed E-state index contributed by atoms with van der Waals surface area (Å²) in [5.41, 5.74) is 0.924. The molecule has 1 aromatic heterocycles. The summed E-state index contributed by atoms with van der Waals surface area (Å²) in [6.07, 6.45) is 0.845. The Bertz CT molecular complexity index is 225. The van der Waals surface area contributed by atoms with Crippen molar-refractivity contribution in [3.63, 3.8) is 0 Å². The van der Waals surface area contributed by atoms with Crippen LogP contribution in [0.2, 0.25) is 0 Å². The van der Waals surface area contributed by atoms with Crippen LogP contribution in [0.5, 0.6) is 0 Å². The number of hydrogen-bond acceptors (Lipinski definition) is 4. The van der Waals surface area contributed by atoms with Gasteiger partial charge in [0.05, 0.1) is 11.4 Å². The summed E-state index contributed by atoms with van der Waals surface area (Å²) in [6.45, 7) is 2.17. The van der Waals surface area contributed by atoms with E-state index >= 15 is 0 Å². The minimum absolute atomic E-state index is 0.266. The van der Waals surface area contributed by atoms with E-state index in [-0.39, 0.29) is 6.61 Å². The highest BCUT2D eigenvalue weighted by Gasteiger charge is 1.99. The molecule has 0 spiro atoms. The average Bonchev–Trinajstić information content (AvgIpc) is 2.45. The van der Waals surface area contributed by atoms with Crippen LogP contribution in [0.4, 0.5) is 0 Å². The Morgan fingerprint density at radius 1 is 1.67 bits per heavy atom. The molecule has 1 heterocycles. The van der Waals surface area contributed by atoms with Gasteiger partial charge >= 0.3 is 0 Å². The topological polar surface area (TPSA) is 46.3 Å². The molecule has 68 valence electrons. The molecule has 3 nitrogen and oxygen atoms in total. The second kappa shape index (κ2) is 5.22. The van der Waals surface area contributed by atoms with E-state index in [4.69, 9.17) is 9.63 Å². The van der Waals surface area contributed by atoms with Crippen LogP contribution in [-0.4, -0.2) is 22.6 Å². The van der Waals surface area contributed by atoms with Gasteiger partial charge in [0.25, 0.3) is 0 Å². The van der Waals surface area contributed by atoms with Crippen LogP contribution in [-0.2, 0) is 5.75 Å². The monoisotopic (exact) mass is 187 g/mol. The fraction of sp³-hybridized carbons (Fsp3) is 0.625. The molecule has 0 bridgehead atoms. The van der Waals surface area contributed by atoms with Crippen molar-refractivity contribution in [2.45, 2.75) is 19.1 Å². The van der Waals surface area contributed by atoms with Crippen LogP contribution in [0.15, 0.2) is 10.6 Å². The second-order valence-corrected chi connectivity index (χ2v) is 3.67. The molecule has 0 saturated heterocycles. The number of hydrogen-bond donors (Lipinski definition) is 1. The summed E-state index contributed by atoms with van der Waals surface area (Å²) in [4.78, 5) is 0. The van der Waals surface area contributed by atoms with Gasteiger partial charge in [-0.1, -0.05) is 5.16 Å². The van der Waals surface area contributed by atoms with Gasteiger partial charge in [0.2, 0.25) is 0 Å². The lowest BCUT2D eigenvalue weighted by Crippen LogP contribution is -1.86. The predicted octanol–water partition coefficient (Wildman–Crippen LogP) is 1.60. The van der Waals surface area contributed by atoms with Gasteiger partial charge in [0.15, 0.2) is 0 Å². The van der Waals surface area contributed by atoms with Gasteiger partial charge in [-0.15, -0.1) is 0 Å². The van der Waals surface area contributed by atoms with E-state index in [2.05, 4.69) is 5.16 Å². The molecule has 0 atom stereocenters. The Labute approximate surface area is 76.1 Å². The zero-order chi connectivity index (χ0) is 8.81. The fourth-order valence-corrected chi connectivity index (χ4v) is 1.64. The molecule has 0 aromatic carbocycles. The summed E-state index contributed by atoms with van der Waals surface area (Å²) >= 11 is 1.75. The van der Waals surface area contributed by atoms with Gasteiger partial charge in [0.1, 0.15) is 5.76 Å². The van der Waals surface area contributed by atoms with E-state index in [9.17, 15) is 0 Å². The van der Waals surface area contributed by atoms with Crippen molar-refractivity contribution in [2.24, 2.45) is 0 Å². The standard InChI is InChI=1S/C8H13NO2S/c1-7-5-8(11-9-7)6-12-4-2-3-10/h5,10H,2-4,6H2,1H3. The van der Waals surface area contributed by atoms with Gasteiger partial charge < -0.3 is 9.63 Å². The lowest BCUT2D eigenvalue weighted by molar-refractivity contribution is 0.296. The third-order valence-electron chi connectivity index (χ3n) is 1.37. The van der Waals surface area contributed by atoms with Gasteiger partial charge in [-0.2, -0.15) is 11.8 Å². The fourth-order valence-electron chi connectivity index (χ4n) is 0.824. The van der Waals surface area contributed by atoms with E-state index in [0.29, 0.717) is 0 Å². The van der Waals surface area contributed by atoms with Gasteiger partial charge in [-0.25, -0.2) is 0 Å². The number of aliphatic hydroxyl groups excluding tert-OH is 1. The highest BCUT2D eigenvalue weighted by Crippen LogP contribution is 2.13. The molecule has 1 aromatic rings. The van der Waals surface area contributed by atoms with Gasteiger partial charge in [-0.05, 0) is 19.1 Å². The van der Waals surface area contributed by atoms with E-state index < -0.39 is 0 Å². The lowest BCUT2D eigenvalue weighted by Gasteiger charge is -1.94. The summed E-state index contributed by atoms with van der Waals surface area (Å²) in [5, 5.41) is 12.3. The normalized spacial score (nSPS) is 10.5. The lowest BCUT2D eigenvalue weighted by atomic mass is 10.4. The zero-order valence-electron chi connectivity index (χ0n) is 7.12. The van der Waals surface area contributed by atoms with E-state index in [1.807, 2.05) is 13.0 Å². The molecule has 1 N–H and O–H groups in total. The first-order valence-corrected chi connectivity index (χ1v) is 5.09. The average molecular weight is 187 g/mol. The maximum absolute atomic E-state index is 8.52. The largest absolute Gasteiger partial charge is 0.396 e. The number of thioether (sulfide) groups is 1. The second-order valence-electron chi connectivity index (χ2n) is 2.56. The molecular weight excluding hydrogens is 174 g/mol. The molecule has 1 rings (SSSR count). The van der Waals surface area contributed by atoms with Crippen LogP contribution >= 0.6 is 11.8 Å². The minimum Gasteiger partial charge on any atom is -0.396 e. The number of aromatic nitrogens is 1. The Hall–Kier alpha value is -0.480. The van der Waals surface area contributed by atoms with Crippen molar-refractivity contribution < 1.29 is 9.63 Å². The molecule has 0 fully saturated rings. The first-order valence-electron chi connectivity index (χ1n) is 3.93. The number of nitrogens with zero attached hydrogens (tertiary/aromatic N) is 1. The quantitative estimate of drug-likeness (QED) is 0.711. The Morgan fingerprint density at radius 2 is 2.50 bits per heavy atom. The van der Waals surface area contributed by atoms with E-state index in [0.717, 1.165) is 29.4 Å². The third kappa shape index (κ3) is 3.28. The SMILES string of the molecule is Cc1cc(CSCCCO)on1. The van der Waals surface area contributed by atoms with Crippen LogP contribution in [0.3, 0.4) is 0 Å². The van der Waals surface area contributed by atoms with Crippen LogP contribution < -0.4 is 0 Å². The maximum atomic E-state index is 8.52. The zero-order valence-corrected chi connectivity index (χ0v) is 7.93. The van der Waals surface area contributed by atoms with Crippen molar-refractivity contribution in [1.82, 2.24) is 5.16 Å². The van der Waals surface area contributed by atoms with Crippen molar-refractivity contribution in [1.29, 1.82) is 0 Å². The highest BCUT2D eigenvalue weighted by atomic mass is 32.2. The summed E-state index contributed by atoms with van der Waals surface area (Å²) in [7, 11) is 0. The molecule has 0 aliphatic rings. The molecule has 4 heteroatoms.